The highest BCUT2D eigenvalue weighted by Crippen LogP contribution is 2.35. The number of nitrogens with one attached hydrogen (secondary N) is 1. The summed E-state index contributed by atoms with van der Waals surface area (Å²) >= 11 is 0. The van der Waals surface area contributed by atoms with Gasteiger partial charge < -0.3 is 24.6 Å². The van der Waals surface area contributed by atoms with Crippen molar-refractivity contribution in [3.05, 3.63) is 84.8 Å². The molecule has 3 aromatic heterocycles. The lowest BCUT2D eigenvalue weighted by atomic mass is 10.0. The number of rotatable bonds is 5. The Bertz CT molecular complexity index is 1610. The van der Waals surface area contributed by atoms with E-state index in [1.54, 1.807) is 31.6 Å². The molecule has 0 atom stereocenters. The second kappa shape index (κ2) is 9.85. The van der Waals surface area contributed by atoms with Gasteiger partial charge in [-0.3, -0.25) is 9.78 Å². The predicted molar refractivity (Wildman–Crippen MR) is 145 cm³/mol. The number of imidazole rings is 1. The summed E-state index contributed by atoms with van der Waals surface area (Å²) in [6.07, 6.45) is 5.28. The molecule has 0 saturated carbocycles. The highest BCUT2D eigenvalue weighted by atomic mass is 16.5. The second-order valence-electron chi connectivity index (χ2n) is 9.10. The van der Waals surface area contributed by atoms with Gasteiger partial charge in [-0.05, 0) is 60.2 Å². The minimum absolute atomic E-state index is 0.0178. The van der Waals surface area contributed by atoms with E-state index in [1.807, 2.05) is 59.6 Å². The highest BCUT2D eigenvalue weighted by molar-refractivity contribution is 5.98. The molecular formula is C29H26N6O3. The van der Waals surface area contributed by atoms with Crippen LogP contribution >= 0.6 is 0 Å². The van der Waals surface area contributed by atoms with E-state index in [0.717, 1.165) is 35.4 Å². The Morgan fingerprint density at radius 1 is 0.974 bits per heavy atom. The first-order valence-corrected chi connectivity index (χ1v) is 12.4. The van der Waals surface area contributed by atoms with E-state index in [0.29, 0.717) is 41.4 Å². The SMILES string of the molecule is COc1ncccc1-c1ccc(O)c(-c2nc3cc(C(=O)N4CCN(c5cccnc5)CC4)ccc3[nH]2)c1. The molecule has 190 valence electrons. The molecule has 2 N–H and O–H groups in total. The number of carbonyl (C=O) groups is 1. The van der Waals surface area contributed by atoms with Crippen molar-refractivity contribution in [3.8, 4) is 34.1 Å². The van der Waals surface area contributed by atoms with E-state index in [9.17, 15) is 9.90 Å². The zero-order valence-electron chi connectivity index (χ0n) is 20.8. The first-order valence-electron chi connectivity index (χ1n) is 12.4. The number of H-pyrrole nitrogens is 1. The van der Waals surface area contributed by atoms with Crippen LogP contribution in [0, 0.1) is 0 Å². The zero-order chi connectivity index (χ0) is 26.1. The van der Waals surface area contributed by atoms with Gasteiger partial charge in [0.1, 0.15) is 11.6 Å². The van der Waals surface area contributed by atoms with Crippen molar-refractivity contribution in [2.75, 3.05) is 38.2 Å². The van der Waals surface area contributed by atoms with Gasteiger partial charge in [-0.2, -0.15) is 0 Å². The smallest absolute Gasteiger partial charge is 0.254 e. The van der Waals surface area contributed by atoms with Gasteiger partial charge in [0, 0.05) is 49.7 Å². The van der Waals surface area contributed by atoms with Gasteiger partial charge in [-0.25, -0.2) is 9.97 Å². The van der Waals surface area contributed by atoms with Crippen LogP contribution in [-0.2, 0) is 0 Å². The Labute approximate surface area is 219 Å². The number of nitrogens with zero attached hydrogens (tertiary/aromatic N) is 5. The Hall–Kier alpha value is -4.92. The summed E-state index contributed by atoms with van der Waals surface area (Å²) in [6.45, 7) is 2.78. The quantitative estimate of drug-likeness (QED) is 0.365. The van der Waals surface area contributed by atoms with Crippen molar-refractivity contribution < 1.29 is 14.6 Å². The third kappa shape index (κ3) is 4.39. The summed E-state index contributed by atoms with van der Waals surface area (Å²) in [7, 11) is 1.58. The number of ether oxygens (including phenoxy) is 1. The fourth-order valence-corrected chi connectivity index (χ4v) is 4.82. The number of anilines is 1. The zero-order valence-corrected chi connectivity index (χ0v) is 20.8. The largest absolute Gasteiger partial charge is 0.507 e. The van der Waals surface area contributed by atoms with Crippen LogP contribution in [0.5, 0.6) is 11.6 Å². The monoisotopic (exact) mass is 506 g/mol. The van der Waals surface area contributed by atoms with Crippen molar-refractivity contribution in [2.45, 2.75) is 0 Å². The van der Waals surface area contributed by atoms with Gasteiger partial charge in [0.2, 0.25) is 5.88 Å². The van der Waals surface area contributed by atoms with Crippen LogP contribution in [0.2, 0.25) is 0 Å². The minimum atomic E-state index is -0.0178. The molecule has 6 rings (SSSR count). The number of aromatic amines is 1. The highest BCUT2D eigenvalue weighted by Gasteiger charge is 2.23. The van der Waals surface area contributed by atoms with Crippen LogP contribution in [0.4, 0.5) is 5.69 Å². The van der Waals surface area contributed by atoms with E-state index >= 15 is 0 Å². The number of piperazine rings is 1. The van der Waals surface area contributed by atoms with Crippen LogP contribution in [0.25, 0.3) is 33.5 Å². The molecule has 1 saturated heterocycles. The van der Waals surface area contributed by atoms with Gasteiger partial charge in [0.25, 0.3) is 5.91 Å². The van der Waals surface area contributed by atoms with E-state index in [4.69, 9.17) is 9.72 Å². The third-order valence-electron chi connectivity index (χ3n) is 6.84. The number of hydrogen-bond acceptors (Lipinski definition) is 7. The number of carbonyl (C=O) groups excluding carboxylic acids is 1. The maximum Gasteiger partial charge on any atom is 0.254 e. The number of hydrogen-bond donors (Lipinski definition) is 2. The standard InChI is InChI=1S/C29H26N6O3/c1-38-28-22(5-3-11-31-28)19-7-9-26(36)23(16-19)27-32-24-8-6-20(17-25(24)33-27)29(37)35-14-12-34(13-15-35)21-4-2-10-30-18-21/h2-11,16-18,36H,12-15H2,1H3,(H,32,33). The van der Waals surface area contributed by atoms with Gasteiger partial charge in [0.15, 0.2) is 0 Å². The van der Waals surface area contributed by atoms with Crippen LogP contribution < -0.4 is 9.64 Å². The van der Waals surface area contributed by atoms with Gasteiger partial charge >= 0.3 is 0 Å². The van der Waals surface area contributed by atoms with Crippen LogP contribution in [0.15, 0.2) is 79.3 Å². The fourth-order valence-electron chi connectivity index (χ4n) is 4.82. The number of aromatic nitrogens is 4. The lowest BCUT2D eigenvalue weighted by Gasteiger charge is -2.36. The number of phenols is 1. The molecular weight excluding hydrogens is 480 g/mol. The second-order valence-corrected chi connectivity index (χ2v) is 9.10. The van der Waals surface area contributed by atoms with Crippen molar-refractivity contribution in [2.24, 2.45) is 0 Å². The average molecular weight is 507 g/mol. The van der Waals surface area contributed by atoms with Crippen LogP contribution in [-0.4, -0.2) is 69.1 Å². The third-order valence-corrected chi connectivity index (χ3v) is 6.84. The van der Waals surface area contributed by atoms with Crippen LogP contribution in [0.3, 0.4) is 0 Å². The van der Waals surface area contributed by atoms with Crippen LogP contribution in [0.1, 0.15) is 10.4 Å². The summed E-state index contributed by atoms with van der Waals surface area (Å²) in [6, 6.07) is 18.5. The first kappa shape index (κ1) is 23.5. The Morgan fingerprint density at radius 3 is 2.61 bits per heavy atom. The maximum absolute atomic E-state index is 13.3. The maximum atomic E-state index is 13.3. The number of methoxy groups -OCH3 is 1. The molecule has 0 unspecified atom stereocenters. The molecule has 0 spiro atoms. The molecule has 1 amide bonds. The van der Waals surface area contributed by atoms with Gasteiger partial charge in [0.05, 0.1) is 35.6 Å². The van der Waals surface area contributed by atoms with Gasteiger partial charge in [-0.1, -0.05) is 6.07 Å². The average Bonchev–Trinajstić information content (AvgIpc) is 3.41. The molecule has 0 radical (unpaired) electrons. The van der Waals surface area contributed by atoms with Crippen molar-refractivity contribution in [3.63, 3.8) is 0 Å². The summed E-state index contributed by atoms with van der Waals surface area (Å²) in [5.74, 6) is 1.09. The van der Waals surface area contributed by atoms with Crippen molar-refractivity contribution in [1.29, 1.82) is 0 Å². The summed E-state index contributed by atoms with van der Waals surface area (Å²) < 4.78 is 5.40. The molecule has 9 nitrogen and oxygen atoms in total. The number of phenolic OH excluding ortho intramolecular Hbond substituents is 1. The molecule has 4 heterocycles. The van der Waals surface area contributed by atoms with Crippen molar-refractivity contribution >= 4 is 22.6 Å². The first-order chi connectivity index (χ1) is 18.6. The van der Waals surface area contributed by atoms with E-state index in [1.165, 1.54) is 0 Å². The van der Waals surface area contributed by atoms with E-state index in [2.05, 4.69) is 19.9 Å². The molecule has 38 heavy (non-hydrogen) atoms. The lowest BCUT2D eigenvalue weighted by molar-refractivity contribution is 0.0747. The van der Waals surface area contributed by atoms with Gasteiger partial charge in [-0.15, -0.1) is 0 Å². The number of pyridine rings is 2. The lowest BCUT2D eigenvalue weighted by Crippen LogP contribution is -2.48. The molecule has 2 aromatic carbocycles. The van der Waals surface area contributed by atoms with E-state index in [-0.39, 0.29) is 11.7 Å². The molecule has 0 aliphatic carbocycles. The minimum Gasteiger partial charge on any atom is -0.507 e. The molecule has 1 aliphatic heterocycles. The molecule has 1 aliphatic rings. The summed E-state index contributed by atoms with van der Waals surface area (Å²) in [5.41, 5.74) is 5.28. The Kier molecular flexibility index (Phi) is 6.09. The number of fused-ring (bicyclic) bond motifs is 1. The molecule has 5 aromatic rings. The fraction of sp³-hybridized carbons (Fsp3) is 0.172. The van der Waals surface area contributed by atoms with Crippen molar-refractivity contribution in [1.82, 2.24) is 24.8 Å². The summed E-state index contributed by atoms with van der Waals surface area (Å²) in [5, 5.41) is 10.6. The molecule has 0 bridgehead atoms. The topological polar surface area (TPSA) is 107 Å². The normalized spacial score (nSPS) is 13.6. The van der Waals surface area contributed by atoms with E-state index < -0.39 is 0 Å². The Balaban J connectivity index is 1.24. The number of amides is 1. The predicted octanol–water partition coefficient (Wildman–Crippen LogP) is 4.36. The Morgan fingerprint density at radius 2 is 1.82 bits per heavy atom. The summed E-state index contributed by atoms with van der Waals surface area (Å²) in [4.78, 5) is 33.8. The number of aromatic hydroxyl groups is 1. The molecule has 1 fully saturated rings. The number of benzene rings is 2. The molecule has 9 heteroatoms.